The summed E-state index contributed by atoms with van der Waals surface area (Å²) in [6.07, 6.45) is 4.25. The number of fused-ring (bicyclic) bond motifs is 1. The Labute approximate surface area is 165 Å². The Hall–Kier alpha value is -2.92. The van der Waals surface area contributed by atoms with E-state index in [2.05, 4.69) is 59.0 Å². The Morgan fingerprint density at radius 3 is 2.57 bits per heavy atom. The molecule has 2 aromatic carbocycles. The number of nitro groups is 1. The van der Waals surface area contributed by atoms with E-state index in [0.29, 0.717) is 0 Å². The third-order valence-corrected chi connectivity index (χ3v) is 5.62. The molecule has 0 radical (unpaired) electrons. The zero-order valence-corrected chi connectivity index (χ0v) is 16.1. The van der Waals surface area contributed by atoms with Gasteiger partial charge in [-0.25, -0.2) is 0 Å². The van der Waals surface area contributed by atoms with Crippen LogP contribution in [0.25, 0.3) is 0 Å². The second-order valence-electron chi connectivity index (χ2n) is 7.33. The highest BCUT2D eigenvalue weighted by molar-refractivity contribution is 5.37. The molecule has 0 spiro atoms. The minimum absolute atomic E-state index is 0.140. The normalized spacial score (nSPS) is 17.1. The second-order valence-corrected chi connectivity index (χ2v) is 7.33. The number of hydrogen-bond acceptors (Lipinski definition) is 3. The van der Waals surface area contributed by atoms with E-state index in [1.54, 1.807) is 12.1 Å². The van der Waals surface area contributed by atoms with Gasteiger partial charge in [0.15, 0.2) is 0 Å². The topological polar surface area (TPSA) is 51.3 Å². The molecule has 2 heterocycles. The SMILES string of the molecule is CCc1ccccc1C1c2cccn2CCCN1Cc1ccc([N+](=O)[O-])cc1. The summed E-state index contributed by atoms with van der Waals surface area (Å²) in [7, 11) is 0. The monoisotopic (exact) mass is 375 g/mol. The van der Waals surface area contributed by atoms with Crippen LogP contribution >= 0.6 is 0 Å². The zero-order chi connectivity index (χ0) is 19.5. The van der Waals surface area contributed by atoms with Gasteiger partial charge in [0.05, 0.1) is 11.0 Å². The van der Waals surface area contributed by atoms with Crippen molar-refractivity contribution in [1.29, 1.82) is 0 Å². The number of benzene rings is 2. The highest BCUT2D eigenvalue weighted by atomic mass is 16.6. The van der Waals surface area contributed by atoms with Crippen LogP contribution in [0.5, 0.6) is 0 Å². The molecule has 1 atom stereocenters. The molecule has 0 amide bonds. The van der Waals surface area contributed by atoms with Gasteiger partial charge >= 0.3 is 0 Å². The van der Waals surface area contributed by atoms with Crippen LogP contribution in [-0.4, -0.2) is 20.9 Å². The van der Waals surface area contributed by atoms with Crippen molar-refractivity contribution in [3.8, 4) is 0 Å². The maximum Gasteiger partial charge on any atom is 0.269 e. The van der Waals surface area contributed by atoms with Crippen LogP contribution in [0.4, 0.5) is 5.69 Å². The van der Waals surface area contributed by atoms with Crippen LogP contribution in [0.2, 0.25) is 0 Å². The molecule has 1 aliphatic rings. The number of hydrogen-bond donors (Lipinski definition) is 0. The summed E-state index contributed by atoms with van der Waals surface area (Å²) in [5, 5.41) is 11.0. The number of nitro benzene ring substituents is 1. The minimum atomic E-state index is -0.344. The maximum absolute atomic E-state index is 11.0. The van der Waals surface area contributed by atoms with E-state index in [9.17, 15) is 10.1 Å². The molecule has 0 N–H and O–H groups in total. The van der Waals surface area contributed by atoms with Gasteiger partial charge < -0.3 is 4.57 Å². The summed E-state index contributed by atoms with van der Waals surface area (Å²) in [5.41, 5.74) is 5.29. The molecular weight excluding hydrogens is 350 g/mol. The maximum atomic E-state index is 11.0. The standard InChI is InChI=1S/C23H25N3O2/c1-2-19-7-3-4-8-21(19)23-22-9-5-14-24(22)15-6-16-25(23)17-18-10-12-20(13-11-18)26(27)28/h3-5,7-14,23H,2,6,15-17H2,1H3. The highest BCUT2D eigenvalue weighted by Gasteiger charge is 2.28. The Balaban J connectivity index is 1.72. The molecule has 0 bridgehead atoms. The van der Waals surface area contributed by atoms with E-state index in [1.165, 1.54) is 16.8 Å². The van der Waals surface area contributed by atoms with Crippen molar-refractivity contribution in [2.24, 2.45) is 0 Å². The molecule has 3 aromatic rings. The predicted octanol–water partition coefficient (Wildman–Crippen LogP) is 4.95. The summed E-state index contributed by atoms with van der Waals surface area (Å²) in [5.74, 6) is 0. The van der Waals surface area contributed by atoms with Gasteiger partial charge in [-0.3, -0.25) is 15.0 Å². The fourth-order valence-electron chi connectivity index (χ4n) is 4.25. The van der Waals surface area contributed by atoms with Crippen molar-refractivity contribution in [2.75, 3.05) is 6.54 Å². The van der Waals surface area contributed by atoms with E-state index >= 15 is 0 Å². The third kappa shape index (κ3) is 3.58. The molecule has 0 saturated carbocycles. The third-order valence-electron chi connectivity index (χ3n) is 5.62. The van der Waals surface area contributed by atoms with E-state index in [4.69, 9.17) is 0 Å². The fraction of sp³-hybridized carbons (Fsp3) is 0.304. The largest absolute Gasteiger partial charge is 0.350 e. The number of nitrogens with zero attached hydrogens (tertiary/aromatic N) is 3. The fourth-order valence-corrected chi connectivity index (χ4v) is 4.25. The van der Waals surface area contributed by atoms with E-state index < -0.39 is 0 Å². The van der Waals surface area contributed by atoms with Gasteiger partial charge in [0.25, 0.3) is 5.69 Å². The van der Waals surface area contributed by atoms with Crippen LogP contribution in [0.3, 0.4) is 0 Å². The van der Waals surface area contributed by atoms with Crippen molar-refractivity contribution in [1.82, 2.24) is 9.47 Å². The molecule has 1 aliphatic heterocycles. The first kappa shape index (κ1) is 18.4. The Morgan fingerprint density at radius 1 is 1.04 bits per heavy atom. The number of non-ortho nitro benzene ring substituents is 1. The van der Waals surface area contributed by atoms with Crippen LogP contribution < -0.4 is 0 Å². The van der Waals surface area contributed by atoms with Gasteiger partial charge in [-0.1, -0.05) is 43.3 Å². The van der Waals surface area contributed by atoms with Crippen molar-refractivity contribution < 1.29 is 4.92 Å². The summed E-state index contributed by atoms with van der Waals surface area (Å²) in [4.78, 5) is 13.1. The first-order chi connectivity index (χ1) is 13.7. The molecule has 28 heavy (non-hydrogen) atoms. The van der Waals surface area contributed by atoms with Gasteiger partial charge in [-0.05, 0) is 41.7 Å². The molecule has 4 rings (SSSR count). The average Bonchev–Trinajstić information content (AvgIpc) is 3.10. The van der Waals surface area contributed by atoms with Gasteiger partial charge in [0.1, 0.15) is 0 Å². The van der Waals surface area contributed by atoms with Crippen LogP contribution in [0.1, 0.15) is 41.8 Å². The summed E-state index contributed by atoms with van der Waals surface area (Å²) < 4.78 is 2.37. The lowest BCUT2D eigenvalue weighted by Gasteiger charge is -2.32. The van der Waals surface area contributed by atoms with Gasteiger partial charge in [-0.15, -0.1) is 0 Å². The van der Waals surface area contributed by atoms with E-state index in [1.807, 2.05) is 12.1 Å². The van der Waals surface area contributed by atoms with Crippen molar-refractivity contribution in [3.05, 3.63) is 99.4 Å². The first-order valence-electron chi connectivity index (χ1n) is 9.87. The predicted molar refractivity (Wildman–Crippen MR) is 110 cm³/mol. The van der Waals surface area contributed by atoms with Gasteiger partial charge in [0, 0.05) is 43.7 Å². The van der Waals surface area contributed by atoms with Crippen LogP contribution in [0, 0.1) is 10.1 Å². The molecule has 0 fully saturated rings. The first-order valence-corrected chi connectivity index (χ1v) is 9.87. The van der Waals surface area contributed by atoms with E-state index in [-0.39, 0.29) is 16.7 Å². The van der Waals surface area contributed by atoms with Crippen molar-refractivity contribution >= 4 is 5.69 Å². The lowest BCUT2D eigenvalue weighted by molar-refractivity contribution is -0.384. The molecule has 144 valence electrons. The number of aromatic nitrogens is 1. The van der Waals surface area contributed by atoms with Crippen molar-refractivity contribution in [3.63, 3.8) is 0 Å². The van der Waals surface area contributed by atoms with Crippen molar-refractivity contribution in [2.45, 2.75) is 38.9 Å². The number of aryl methyl sites for hydroxylation is 2. The Bertz CT molecular complexity index is 962. The highest BCUT2D eigenvalue weighted by Crippen LogP contribution is 2.35. The molecule has 0 aliphatic carbocycles. The smallest absolute Gasteiger partial charge is 0.269 e. The molecule has 1 unspecified atom stereocenters. The summed E-state index contributed by atoms with van der Waals surface area (Å²) >= 11 is 0. The second kappa shape index (κ2) is 7.98. The molecular formula is C23H25N3O2. The number of rotatable bonds is 5. The lowest BCUT2D eigenvalue weighted by Crippen LogP contribution is -2.30. The van der Waals surface area contributed by atoms with E-state index in [0.717, 1.165) is 38.0 Å². The lowest BCUT2D eigenvalue weighted by atomic mass is 9.94. The molecule has 5 heteroatoms. The average molecular weight is 375 g/mol. The summed E-state index contributed by atoms with van der Waals surface area (Å²) in [6, 6.07) is 20.2. The Kier molecular flexibility index (Phi) is 5.26. The Morgan fingerprint density at radius 2 is 1.82 bits per heavy atom. The molecule has 1 aromatic heterocycles. The molecule has 5 nitrogen and oxygen atoms in total. The van der Waals surface area contributed by atoms with Crippen LogP contribution in [-0.2, 0) is 19.5 Å². The molecule has 0 saturated heterocycles. The zero-order valence-electron chi connectivity index (χ0n) is 16.1. The van der Waals surface area contributed by atoms with Gasteiger partial charge in [0.2, 0.25) is 0 Å². The quantitative estimate of drug-likeness (QED) is 0.468. The van der Waals surface area contributed by atoms with Crippen LogP contribution in [0.15, 0.2) is 66.9 Å². The minimum Gasteiger partial charge on any atom is -0.350 e. The summed E-state index contributed by atoms with van der Waals surface area (Å²) in [6.45, 7) is 4.98. The van der Waals surface area contributed by atoms with Gasteiger partial charge in [-0.2, -0.15) is 0 Å².